The third-order valence-corrected chi connectivity index (χ3v) is 5.72. The zero-order valence-corrected chi connectivity index (χ0v) is 16.9. The molecule has 0 unspecified atom stereocenters. The molecule has 1 aromatic carbocycles. The Hall–Kier alpha value is -2.86. The molecule has 160 valence electrons. The second-order valence-electron chi connectivity index (χ2n) is 6.16. The summed E-state index contributed by atoms with van der Waals surface area (Å²) >= 11 is 0. The Labute approximate surface area is 168 Å². The number of nitrogens with one attached hydrogen (secondary N) is 2. The van der Waals surface area contributed by atoms with Crippen LogP contribution in [-0.4, -0.2) is 83.1 Å². The molecule has 2 amide bonds. The van der Waals surface area contributed by atoms with Gasteiger partial charge in [0, 0.05) is 18.7 Å². The molecule has 0 spiro atoms. The lowest BCUT2D eigenvalue weighted by Gasteiger charge is -2.25. The van der Waals surface area contributed by atoms with Crippen LogP contribution in [0, 0.1) is 0 Å². The third-order valence-electron chi connectivity index (χ3n) is 4.12. The lowest BCUT2D eigenvalue weighted by molar-refractivity contribution is -0.149. The minimum absolute atomic E-state index is 0.0110. The highest BCUT2D eigenvalue weighted by Gasteiger charge is 2.23. The Morgan fingerprint density at radius 3 is 2.31 bits per heavy atom. The van der Waals surface area contributed by atoms with E-state index in [1.54, 1.807) is 11.0 Å². The largest absolute Gasteiger partial charge is 0.493 e. The maximum atomic E-state index is 12.1. The normalized spacial score (nSPS) is 15.8. The van der Waals surface area contributed by atoms with Crippen molar-refractivity contribution in [3.05, 3.63) is 23.8 Å². The number of methoxy groups -OCH3 is 2. The number of hydrogen-bond acceptors (Lipinski definition) is 9. The average Bonchev–Trinajstić information content (AvgIpc) is 2.71. The van der Waals surface area contributed by atoms with Crippen molar-refractivity contribution in [3.63, 3.8) is 0 Å². The molecule has 29 heavy (non-hydrogen) atoms. The average molecular weight is 429 g/mol. The molecule has 0 radical (unpaired) electrons. The van der Waals surface area contributed by atoms with E-state index in [9.17, 15) is 22.8 Å². The summed E-state index contributed by atoms with van der Waals surface area (Å²) in [5.74, 6) is -1.21. The van der Waals surface area contributed by atoms with Crippen LogP contribution in [0.25, 0.3) is 0 Å². The van der Waals surface area contributed by atoms with Crippen molar-refractivity contribution >= 4 is 27.6 Å². The number of carbonyl (C=O) groups excluding carboxylic acids is 3. The molecule has 0 atom stereocenters. The molecule has 12 heteroatoms. The van der Waals surface area contributed by atoms with Gasteiger partial charge < -0.3 is 14.2 Å². The van der Waals surface area contributed by atoms with Crippen LogP contribution in [-0.2, 0) is 24.2 Å². The first-order valence-corrected chi connectivity index (χ1v) is 10.5. The summed E-state index contributed by atoms with van der Waals surface area (Å²) in [6.45, 7) is -0.214. The standard InChI is InChI=1S/C17H23N3O8S/c1-26-13-4-3-12(9-14(13)27-2)17(23)19-18-15(21)11-28-16(22)10-20-5-7-29(24,25)8-6-20/h3-4,9H,5-8,10-11H2,1-2H3,(H,18,21)(H,19,23). The van der Waals surface area contributed by atoms with Crippen molar-refractivity contribution in [3.8, 4) is 11.5 Å². The van der Waals surface area contributed by atoms with Gasteiger partial charge in [0.15, 0.2) is 27.9 Å². The van der Waals surface area contributed by atoms with Gasteiger partial charge in [-0.05, 0) is 18.2 Å². The molecule has 1 heterocycles. The number of rotatable bonds is 7. The number of hydrazine groups is 1. The van der Waals surface area contributed by atoms with E-state index >= 15 is 0 Å². The molecule has 2 N–H and O–H groups in total. The Kier molecular flexibility index (Phi) is 7.79. The molecule has 2 rings (SSSR count). The lowest BCUT2D eigenvalue weighted by atomic mass is 10.2. The van der Waals surface area contributed by atoms with Crippen molar-refractivity contribution in [2.75, 3.05) is 52.0 Å². The number of esters is 1. The summed E-state index contributed by atoms with van der Waals surface area (Å²) in [6.07, 6.45) is 0. The van der Waals surface area contributed by atoms with E-state index in [2.05, 4.69) is 10.9 Å². The number of ether oxygens (including phenoxy) is 3. The van der Waals surface area contributed by atoms with Crippen molar-refractivity contribution in [2.45, 2.75) is 0 Å². The summed E-state index contributed by atoms with van der Waals surface area (Å²) < 4.78 is 37.7. The van der Waals surface area contributed by atoms with E-state index in [0.717, 1.165) is 0 Å². The van der Waals surface area contributed by atoms with Gasteiger partial charge in [0.25, 0.3) is 11.8 Å². The monoisotopic (exact) mass is 429 g/mol. The molecule has 0 bridgehead atoms. The number of nitrogens with zero attached hydrogens (tertiary/aromatic N) is 1. The number of hydrogen-bond donors (Lipinski definition) is 2. The fraction of sp³-hybridized carbons (Fsp3) is 0.471. The third kappa shape index (κ3) is 6.91. The second kappa shape index (κ2) is 10.1. The minimum Gasteiger partial charge on any atom is -0.493 e. The predicted molar refractivity (Wildman–Crippen MR) is 101 cm³/mol. The van der Waals surface area contributed by atoms with Crippen molar-refractivity contribution in [1.29, 1.82) is 0 Å². The number of benzene rings is 1. The molecule has 1 aromatic rings. The van der Waals surface area contributed by atoms with Crippen LogP contribution in [0.1, 0.15) is 10.4 Å². The van der Waals surface area contributed by atoms with Gasteiger partial charge in [-0.2, -0.15) is 0 Å². The zero-order valence-electron chi connectivity index (χ0n) is 16.1. The quantitative estimate of drug-likeness (QED) is 0.401. The first kappa shape index (κ1) is 22.4. The van der Waals surface area contributed by atoms with Gasteiger partial charge in [-0.25, -0.2) is 8.42 Å². The van der Waals surface area contributed by atoms with E-state index in [-0.39, 0.29) is 36.7 Å². The van der Waals surface area contributed by atoms with Gasteiger partial charge in [-0.1, -0.05) is 0 Å². The minimum atomic E-state index is -3.04. The van der Waals surface area contributed by atoms with Crippen molar-refractivity contribution in [1.82, 2.24) is 15.8 Å². The van der Waals surface area contributed by atoms with Crippen LogP contribution in [0.5, 0.6) is 11.5 Å². The molecule has 1 fully saturated rings. The molecule has 1 aliphatic heterocycles. The van der Waals surface area contributed by atoms with Crippen LogP contribution >= 0.6 is 0 Å². The van der Waals surface area contributed by atoms with Crippen molar-refractivity contribution in [2.24, 2.45) is 0 Å². The van der Waals surface area contributed by atoms with Crippen LogP contribution in [0.3, 0.4) is 0 Å². The van der Waals surface area contributed by atoms with Crippen LogP contribution in [0.2, 0.25) is 0 Å². The number of amides is 2. The fourth-order valence-corrected chi connectivity index (χ4v) is 3.77. The van der Waals surface area contributed by atoms with Gasteiger partial charge in [0.05, 0.1) is 32.3 Å². The molecule has 11 nitrogen and oxygen atoms in total. The highest BCUT2D eigenvalue weighted by molar-refractivity contribution is 7.91. The summed E-state index contributed by atoms with van der Waals surface area (Å²) in [4.78, 5) is 37.2. The molecule has 1 aliphatic rings. The summed E-state index contributed by atoms with van der Waals surface area (Å²) in [5, 5.41) is 0. The highest BCUT2D eigenvalue weighted by Crippen LogP contribution is 2.27. The molecule has 0 saturated carbocycles. The number of carbonyl (C=O) groups is 3. The highest BCUT2D eigenvalue weighted by atomic mass is 32.2. The predicted octanol–water partition coefficient (Wildman–Crippen LogP) is -1.26. The van der Waals surface area contributed by atoms with Gasteiger partial charge in [-0.15, -0.1) is 0 Å². The summed E-state index contributed by atoms with van der Waals surface area (Å²) in [7, 11) is -0.143. The summed E-state index contributed by atoms with van der Waals surface area (Å²) in [6, 6.07) is 4.48. The van der Waals surface area contributed by atoms with Crippen LogP contribution in [0.15, 0.2) is 18.2 Å². The van der Waals surface area contributed by atoms with Gasteiger partial charge in [-0.3, -0.25) is 30.1 Å². The van der Waals surface area contributed by atoms with Gasteiger partial charge in [0.2, 0.25) is 0 Å². The van der Waals surface area contributed by atoms with Gasteiger partial charge in [0.1, 0.15) is 0 Å². The first-order chi connectivity index (χ1) is 13.7. The van der Waals surface area contributed by atoms with E-state index < -0.39 is 34.2 Å². The Bertz CT molecular complexity index is 857. The Morgan fingerprint density at radius 1 is 1.03 bits per heavy atom. The second-order valence-corrected chi connectivity index (χ2v) is 8.46. The zero-order chi connectivity index (χ0) is 21.4. The van der Waals surface area contributed by atoms with E-state index in [0.29, 0.717) is 11.5 Å². The molecule has 1 saturated heterocycles. The Balaban J connectivity index is 1.72. The SMILES string of the molecule is COc1ccc(C(=O)NNC(=O)COC(=O)CN2CCS(=O)(=O)CC2)cc1OC. The smallest absolute Gasteiger partial charge is 0.320 e. The van der Waals surface area contributed by atoms with E-state index in [1.165, 1.54) is 26.4 Å². The van der Waals surface area contributed by atoms with E-state index in [4.69, 9.17) is 14.2 Å². The van der Waals surface area contributed by atoms with Crippen LogP contribution < -0.4 is 20.3 Å². The maximum absolute atomic E-state index is 12.1. The molecule has 0 aliphatic carbocycles. The first-order valence-electron chi connectivity index (χ1n) is 8.63. The lowest BCUT2D eigenvalue weighted by Crippen LogP contribution is -2.45. The van der Waals surface area contributed by atoms with Crippen molar-refractivity contribution < 1.29 is 37.0 Å². The Morgan fingerprint density at radius 2 is 1.69 bits per heavy atom. The molecular weight excluding hydrogens is 406 g/mol. The van der Waals surface area contributed by atoms with E-state index in [1.807, 2.05) is 0 Å². The summed E-state index contributed by atoms with van der Waals surface area (Å²) in [5.41, 5.74) is 4.56. The topological polar surface area (TPSA) is 140 Å². The van der Waals surface area contributed by atoms with Gasteiger partial charge >= 0.3 is 5.97 Å². The van der Waals surface area contributed by atoms with Crippen LogP contribution in [0.4, 0.5) is 0 Å². The maximum Gasteiger partial charge on any atom is 0.320 e. The molecular formula is C17H23N3O8S. The number of sulfone groups is 1. The molecule has 0 aromatic heterocycles. The fourth-order valence-electron chi connectivity index (χ4n) is 2.49.